The van der Waals surface area contributed by atoms with Crippen molar-refractivity contribution in [1.29, 1.82) is 0 Å². The van der Waals surface area contributed by atoms with Crippen LogP contribution in [0.25, 0.3) is 11.3 Å². The number of urea groups is 1. The molecule has 2 fully saturated rings. The molecule has 1 aromatic heterocycles. The molecule has 0 unspecified atom stereocenters. The highest BCUT2D eigenvalue weighted by Gasteiger charge is 2.25. The largest absolute Gasteiger partial charge is 0.490 e. The second kappa shape index (κ2) is 11.2. The van der Waals surface area contributed by atoms with Crippen molar-refractivity contribution in [2.45, 2.75) is 32.8 Å². The van der Waals surface area contributed by atoms with E-state index in [4.69, 9.17) is 13.9 Å². The van der Waals surface area contributed by atoms with Crippen molar-refractivity contribution in [2.24, 2.45) is 0 Å². The number of nitrogens with one attached hydrogen (secondary N) is 1. The van der Waals surface area contributed by atoms with E-state index in [-0.39, 0.29) is 12.1 Å². The molecule has 0 radical (unpaired) electrons. The summed E-state index contributed by atoms with van der Waals surface area (Å²) in [7, 11) is 2.13. The number of oxazole rings is 1. The van der Waals surface area contributed by atoms with Gasteiger partial charge < -0.3 is 24.1 Å². The lowest BCUT2D eigenvalue weighted by Crippen LogP contribution is -2.35. The average molecular weight is 506 g/mol. The van der Waals surface area contributed by atoms with Crippen LogP contribution in [-0.4, -0.2) is 68.6 Å². The number of carbonyl (C=O) groups is 1. The van der Waals surface area contributed by atoms with Crippen molar-refractivity contribution in [3.8, 4) is 17.1 Å². The van der Waals surface area contributed by atoms with Gasteiger partial charge in [0.1, 0.15) is 18.6 Å². The first kappa shape index (κ1) is 25.1. The molecule has 2 aliphatic rings. The van der Waals surface area contributed by atoms with Crippen LogP contribution >= 0.6 is 0 Å². The minimum absolute atomic E-state index is 0.108. The Kier molecular flexibility index (Phi) is 7.62. The number of carbonyl (C=O) groups excluding carboxylic acids is 1. The number of hydrogen-bond acceptors (Lipinski definition) is 7. The lowest BCUT2D eigenvalue weighted by molar-refractivity contribution is 0.114. The molecule has 0 saturated carbocycles. The van der Waals surface area contributed by atoms with E-state index >= 15 is 0 Å². The first-order chi connectivity index (χ1) is 18.0. The Morgan fingerprint density at radius 2 is 1.97 bits per heavy atom. The first-order valence-electron chi connectivity index (χ1n) is 12.9. The molecule has 3 heterocycles. The minimum atomic E-state index is -0.108. The number of aryl methyl sites for hydroxylation is 1. The Hall–Kier alpha value is -3.56. The first-order valence-corrected chi connectivity index (χ1v) is 12.9. The van der Waals surface area contributed by atoms with Crippen molar-refractivity contribution in [3.05, 3.63) is 54.2 Å². The van der Waals surface area contributed by atoms with E-state index in [2.05, 4.69) is 35.2 Å². The summed E-state index contributed by atoms with van der Waals surface area (Å²) in [4.78, 5) is 23.0. The summed E-state index contributed by atoms with van der Waals surface area (Å²) in [5.41, 5.74) is 3.65. The summed E-state index contributed by atoms with van der Waals surface area (Å²) in [5, 5.41) is 2.88. The van der Waals surface area contributed by atoms with Gasteiger partial charge in [-0.25, -0.2) is 9.78 Å². The van der Waals surface area contributed by atoms with E-state index in [1.165, 1.54) is 0 Å². The maximum absolute atomic E-state index is 12.5. The lowest BCUT2D eigenvalue weighted by atomic mass is 10.1. The predicted octanol–water partition coefficient (Wildman–Crippen LogP) is 4.78. The van der Waals surface area contributed by atoms with Gasteiger partial charge in [-0.15, -0.1) is 0 Å². The fraction of sp³-hybridized carbons (Fsp3) is 0.429. The molecular formula is C28H35N5O4. The van der Waals surface area contributed by atoms with Gasteiger partial charge in [0.05, 0.1) is 11.9 Å². The number of amides is 2. The van der Waals surface area contributed by atoms with Gasteiger partial charge in [0.15, 0.2) is 5.76 Å². The third kappa shape index (κ3) is 5.73. The fourth-order valence-corrected chi connectivity index (χ4v) is 4.76. The second-order valence-electron chi connectivity index (χ2n) is 9.56. The van der Waals surface area contributed by atoms with Gasteiger partial charge in [0, 0.05) is 50.1 Å². The van der Waals surface area contributed by atoms with Crippen LogP contribution in [0.5, 0.6) is 5.75 Å². The van der Waals surface area contributed by atoms with Gasteiger partial charge in [0.25, 0.3) is 0 Å². The average Bonchev–Trinajstić information content (AvgIpc) is 3.56. The maximum atomic E-state index is 12.5. The summed E-state index contributed by atoms with van der Waals surface area (Å²) in [5.74, 6) is 1.32. The molecule has 1 N–H and O–H groups in total. The van der Waals surface area contributed by atoms with E-state index in [1.54, 1.807) is 11.1 Å². The van der Waals surface area contributed by atoms with Crippen molar-refractivity contribution < 1.29 is 18.7 Å². The summed E-state index contributed by atoms with van der Waals surface area (Å²) in [6.07, 6.45) is 3.79. The quantitative estimate of drug-likeness (QED) is 0.419. The number of ether oxygens (including phenoxy) is 2. The standard InChI is InChI=1S/C28H35N5O4/c1-4-35-19-33(25-8-6-5-7-20(25)2)28-30-18-26(37-28)21-15-22(32-14-11-29-27(32)34)17-24(16-21)36-23-9-12-31(3)13-10-23/h5-8,15-18,23H,4,9-14,19H2,1-3H3,(H,29,34). The highest BCUT2D eigenvalue weighted by molar-refractivity contribution is 5.95. The molecule has 0 atom stereocenters. The molecule has 2 amide bonds. The Morgan fingerprint density at radius 3 is 2.70 bits per heavy atom. The molecule has 2 saturated heterocycles. The highest BCUT2D eigenvalue weighted by Crippen LogP contribution is 2.36. The maximum Gasteiger partial charge on any atom is 0.321 e. The van der Waals surface area contributed by atoms with Crippen LogP contribution in [0.4, 0.5) is 22.2 Å². The number of piperidine rings is 1. The molecule has 9 nitrogen and oxygen atoms in total. The number of likely N-dealkylation sites (tertiary alicyclic amines) is 1. The molecule has 0 bridgehead atoms. The normalized spacial score (nSPS) is 16.7. The molecule has 5 rings (SSSR count). The van der Waals surface area contributed by atoms with Crippen LogP contribution in [0.2, 0.25) is 0 Å². The minimum Gasteiger partial charge on any atom is -0.490 e. The zero-order chi connectivity index (χ0) is 25.8. The zero-order valence-electron chi connectivity index (χ0n) is 21.8. The Balaban J connectivity index is 1.47. The van der Waals surface area contributed by atoms with Crippen LogP contribution in [0.15, 0.2) is 53.1 Å². The smallest absolute Gasteiger partial charge is 0.321 e. The molecular weight excluding hydrogens is 470 g/mol. The third-order valence-corrected chi connectivity index (χ3v) is 6.87. The van der Waals surface area contributed by atoms with Gasteiger partial charge in [-0.1, -0.05) is 18.2 Å². The summed E-state index contributed by atoms with van der Waals surface area (Å²) in [6.45, 7) is 8.14. The van der Waals surface area contributed by atoms with Crippen molar-refractivity contribution in [1.82, 2.24) is 15.2 Å². The van der Waals surface area contributed by atoms with E-state index in [1.807, 2.05) is 48.2 Å². The molecule has 0 spiro atoms. The predicted molar refractivity (Wildman–Crippen MR) is 144 cm³/mol. The summed E-state index contributed by atoms with van der Waals surface area (Å²) in [6, 6.07) is 14.3. The molecule has 3 aromatic rings. The van der Waals surface area contributed by atoms with Gasteiger partial charge in [-0.3, -0.25) is 9.80 Å². The van der Waals surface area contributed by atoms with Gasteiger partial charge >= 0.3 is 12.0 Å². The number of nitrogens with zero attached hydrogens (tertiary/aromatic N) is 4. The zero-order valence-corrected chi connectivity index (χ0v) is 21.8. The lowest BCUT2D eigenvalue weighted by Gasteiger charge is -2.29. The van der Waals surface area contributed by atoms with Gasteiger partial charge in [0.2, 0.25) is 0 Å². The van der Waals surface area contributed by atoms with Crippen LogP contribution in [0, 0.1) is 6.92 Å². The van der Waals surface area contributed by atoms with Crippen LogP contribution in [0.3, 0.4) is 0 Å². The van der Waals surface area contributed by atoms with E-state index in [0.717, 1.165) is 54.2 Å². The number of rotatable bonds is 9. The monoisotopic (exact) mass is 505 g/mol. The topological polar surface area (TPSA) is 83.3 Å². The number of benzene rings is 2. The number of anilines is 3. The van der Waals surface area contributed by atoms with Gasteiger partial charge in [-0.2, -0.15) is 0 Å². The second-order valence-corrected chi connectivity index (χ2v) is 9.56. The van der Waals surface area contributed by atoms with E-state index in [9.17, 15) is 4.79 Å². The van der Waals surface area contributed by atoms with Crippen LogP contribution in [0.1, 0.15) is 25.3 Å². The fourth-order valence-electron chi connectivity index (χ4n) is 4.76. The van der Waals surface area contributed by atoms with Crippen molar-refractivity contribution in [3.63, 3.8) is 0 Å². The molecule has 2 aromatic carbocycles. The van der Waals surface area contributed by atoms with Gasteiger partial charge in [-0.05, 0) is 57.5 Å². The van der Waals surface area contributed by atoms with Crippen molar-refractivity contribution in [2.75, 3.05) is 56.4 Å². The molecule has 0 aliphatic carbocycles. The Bertz CT molecular complexity index is 1220. The Labute approximate surface area is 218 Å². The van der Waals surface area contributed by atoms with E-state index < -0.39 is 0 Å². The van der Waals surface area contributed by atoms with Crippen LogP contribution in [-0.2, 0) is 4.74 Å². The molecule has 9 heteroatoms. The number of aromatic nitrogens is 1. The molecule has 37 heavy (non-hydrogen) atoms. The van der Waals surface area contributed by atoms with E-state index in [0.29, 0.717) is 38.2 Å². The van der Waals surface area contributed by atoms with Crippen molar-refractivity contribution >= 4 is 23.4 Å². The third-order valence-electron chi connectivity index (χ3n) is 6.87. The Morgan fingerprint density at radius 1 is 1.16 bits per heavy atom. The SMILES string of the molecule is CCOCN(c1ncc(-c2cc(OC3CCN(C)CC3)cc(N3CCNC3=O)c2)o1)c1ccccc1C. The summed E-state index contributed by atoms with van der Waals surface area (Å²) < 4.78 is 18.4. The van der Waals surface area contributed by atoms with Crippen LogP contribution < -0.4 is 19.9 Å². The number of hydrogen-bond donors (Lipinski definition) is 1. The highest BCUT2D eigenvalue weighted by atomic mass is 16.5. The molecule has 196 valence electrons. The summed E-state index contributed by atoms with van der Waals surface area (Å²) >= 11 is 0. The molecule has 2 aliphatic heterocycles. The number of para-hydroxylation sites is 1.